The standard InChI is InChI=1S/C14H13NOS/c15-14(12-7-3-1-4-8-12)11-17(16)13-9-5-2-6-10-13/h1-11H,15H2/b14-11-. The van der Waals surface area contributed by atoms with Crippen LogP contribution in [0.25, 0.3) is 5.70 Å². The topological polar surface area (TPSA) is 49.1 Å². The van der Waals surface area contributed by atoms with E-state index in [1.54, 1.807) is 5.41 Å². The third-order valence-corrected chi connectivity index (χ3v) is 3.52. The van der Waals surface area contributed by atoms with Gasteiger partial charge in [-0.05, 0) is 12.1 Å². The lowest BCUT2D eigenvalue weighted by atomic mass is 10.2. The highest BCUT2D eigenvalue weighted by Crippen LogP contribution is 2.16. The van der Waals surface area contributed by atoms with Crippen LogP contribution in [0.1, 0.15) is 5.56 Å². The number of hydrogen-bond donors (Lipinski definition) is 1. The van der Waals surface area contributed by atoms with Gasteiger partial charge in [-0.15, -0.1) is 0 Å². The molecule has 0 aliphatic rings. The molecule has 0 saturated heterocycles. The van der Waals surface area contributed by atoms with Crippen molar-refractivity contribution in [3.05, 3.63) is 71.6 Å². The Morgan fingerprint density at radius 1 is 0.941 bits per heavy atom. The molecule has 2 rings (SSSR count). The molecule has 0 aliphatic heterocycles. The molecule has 1 atom stereocenters. The summed E-state index contributed by atoms with van der Waals surface area (Å²) >= 11 is -1.20. The van der Waals surface area contributed by atoms with Gasteiger partial charge in [-0.1, -0.05) is 48.5 Å². The van der Waals surface area contributed by atoms with Crippen molar-refractivity contribution in [1.82, 2.24) is 0 Å². The first-order valence-corrected chi connectivity index (χ1v) is 6.47. The smallest absolute Gasteiger partial charge is 0.157 e. The predicted molar refractivity (Wildman–Crippen MR) is 71.5 cm³/mol. The van der Waals surface area contributed by atoms with E-state index in [0.717, 1.165) is 10.5 Å². The Balaban J connectivity index is 2.20. The molecule has 2 N–H and O–H groups in total. The maximum atomic E-state index is 12.0. The van der Waals surface area contributed by atoms with Gasteiger partial charge in [0.05, 0.1) is 5.70 Å². The summed E-state index contributed by atoms with van der Waals surface area (Å²) in [4.78, 5) is 0.756. The summed E-state index contributed by atoms with van der Waals surface area (Å²) < 4.78 is 12.0. The summed E-state index contributed by atoms with van der Waals surface area (Å²) in [6.07, 6.45) is 0. The molecular weight excluding hydrogens is 230 g/mol. The summed E-state index contributed by atoms with van der Waals surface area (Å²) in [6, 6.07) is 18.8. The average molecular weight is 243 g/mol. The fraction of sp³-hybridized carbons (Fsp3) is 0. The Labute approximate surface area is 104 Å². The molecular formula is C14H13NOS. The number of hydrogen-bond acceptors (Lipinski definition) is 2. The Bertz CT molecular complexity index is 496. The average Bonchev–Trinajstić information content (AvgIpc) is 2.40. The van der Waals surface area contributed by atoms with E-state index in [-0.39, 0.29) is 0 Å². The zero-order valence-corrected chi connectivity index (χ0v) is 10.1. The molecule has 0 aromatic heterocycles. The van der Waals surface area contributed by atoms with Gasteiger partial charge in [0.2, 0.25) is 0 Å². The lowest BCUT2D eigenvalue weighted by Gasteiger charge is -2.06. The molecule has 86 valence electrons. The van der Waals surface area contributed by atoms with Gasteiger partial charge in [0.15, 0.2) is 4.90 Å². The van der Waals surface area contributed by atoms with Gasteiger partial charge in [-0.25, -0.2) is 0 Å². The van der Waals surface area contributed by atoms with Crippen LogP contribution >= 0.6 is 0 Å². The van der Waals surface area contributed by atoms with Crippen LogP contribution in [0.15, 0.2) is 71.0 Å². The maximum absolute atomic E-state index is 12.0. The van der Waals surface area contributed by atoms with E-state index in [4.69, 9.17) is 5.73 Å². The molecule has 2 aromatic carbocycles. The molecule has 1 unspecified atom stereocenters. The van der Waals surface area contributed by atoms with Crippen LogP contribution in [-0.2, 0) is 11.2 Å². The van der Waals surface area contributed by atoms with Crippen molar-refractivity contribution in [2.24, 2.45) is 5.73 Å². The summed E-state index contributed by atoms with van der Waals surface area (Å²) in [5.74, 6) is 0. The number of nitrogens with two attached hydrogens (primary N) is 1. The second-order valence-electron chi connectivity index (χ2n) is 3.55. The van der Waals surface area contributed by atoms with Crippen LogP contribution in [0.3, 0.4) is 0 Å². The molecule has 0 radical (unpaired) electrons. The lowest BCUT2D eigenvalue weighted by Crippen LogP contribution is -2.03. The highest BCUT2D eigenvalue weighted by molar-refractivity contribution is 7.94. The largest absolute Gasteiger partial charge is 0.607 e. The molecule has 0 saturated carbocycles. The first kappa shape index (κ1) is 11.8. The van der Waals surface area contributed by atoms with Crippen LogP contribution in [-0.4, -0.2) is 4.55 Å². The Morgan fingerprint density at radius 2 is 1.47 bits per heavy atom. The molecule has 17 heavy (non-hydrogen) atoms. The molecule has 2 aromatic rings. The second kappa shape index (κ2) is 5.57. The first-order chi connectivity index (χ1) is 8.27. The third kappa shape index (κ3) is 3.12. The van der Waals surface area contributed by atoms with E-state index in [0.29, 0.717) is 5.70 Å². The van der Waals surface area contributed by atoms with E-state index >= 15 is 0 Å². The van der Waals surface area contributed by atoms with Gasteiger partial charge >= 0.3 is 0 Å². The minimum atomic E-state index is -1.20. The fourth-order valence-corrected chi connectivity index (χ4v) is 2.36. The quantitative estimate of drug-likeness (QED) is 0.843. The number of rotatable bonds is 3. The molecule has 0 fully saturated rings. The summed E-state index contributed by atoms with van der Waals surface area (Å²) in [6.45, 7) is 0. The Hall–Kier alpha value is -1.71. The van der Waals surface area contributed by atoms with Crippen molar-refractivity contribution in [2.45, 2.75) is 4.90 Å². The van der Waals surface area contributed by atoms with Crippen molar-refractivity contribution in [2.75, 3.05) is 0 Å². The van der Waals surface area contributed by atoms with E-state index < -0.39 is 11.2 Å². The minimum Gasteiger partial charge on any atom is -0.607 e. The Morgan fingerprint density at radius 3 is 2.06 bits per heavy atom. The Kier molecular flexibility index (Phi) is 3.85. The van der Waals surface area contributed by atoms with Crippen molar-refractivity contribution < 1.29 is 4.55 Å². The van der Waals surface area contributed by atoms with Crippen LogP contribution in [0.5, 0.6) is 0 Å². The van der Waals surface area contributed by atoms with Crippen molar-refractivity contribution in [3.8, 4) is 0 Å². The summed E-state index contributed by atoms with van der Waals surface area (Å²) in [5.41, 5.74) is 7.32. The molecule has 0 bridgehead atoms. The lowest BCUT2D eigenvalue weighted by molar-refractivity contribution is 0.603. The number of benzene rings is 2. The van der Waals surface area contributed by atoms with Gasteiger partial charge in [-0.3, -0.25) is 0 Å². The first-order valence-electron chi connectivity index (χ1n) is 5.26. The maximum Gasteiger partial charge on any atom is 0.157 e. The minimum absolute atomic E-state index is 0.535. The summed E-state index contributed by atoms with van der Waals surface area (Å²) in [5, 5.41) is 1.57. The predicted octanol–water partition coefficient (Wildman–Crippen LogP) is 2.75. The molecule has 3 heteroatoms. The fourth-order valence-electron chi connectivity index (χ4n) is 1.44. The summed E-state index contributed by atoms with van der Waals surface area (Å²) in [7, 11) is 0. The SMILES string of the molecule is N/C(=C\[S+]([O-])c1ccccc1)c1ccccc1. The molecule has 2 nitrogen and oxygen atoms in total. The highest BCUT2D eigenvalue weighted by atomic mass is 32.2. The molecule has 0 heterocycles. The van der Waals surface area contributed by atoms with Crippen LogP contribution in [0.2, 0.25) is 0 Å². The highest BCUT2D eigenvalue weighted by Gasteiger charge is 2.08. The van der Waals surface area contributed by atoms with Gasteiger partial charge < -0.3 is 10.3 Å². The van der Waals surface area contributed by atoms with E-state index in [9.17, 15) is 4.55 Å². The van der Waals surface area contributed by atoms with E-state index in [1.807, 2.05) is 60.7 Å². The second-order valence-corrected chi connectivity index (χ2v) is 4.85. The van der Waals surface area contributed by atoms with Gasteiger partial charge in [0.25, 0.3) is 0 Å². The van der Waals surface area contributed by atoms with E-state index in [1.165, 1.54) is 0 Å². The third-order valence-electron chi connectivity index (χ3n) is 2.32. The van der Waals surface area contributed by atoms with Gasteiger partial charge in [-0.2, -0.15) is 0 Å². The molecule has 0 aliphatic carbocycles. The molecule has 0 spiro atoms. The van der Waals surface area contributed by atoms with Crippen LogP contribution in [0, 0.1) is 0 Å². The normalized spacial score (nSPS) is 13.4. The van der Waals surface area contributed by atoms with E-state index in [2.05, 4.69) is 0 Å². The van der Waals surface area contributed by atoms with Gasteiger partial charge in [0.1, 0.15) is 5.41 Å². The van der Waals surface area contributed by atoms with Crippen molar-refractivity contribution >= 4 is 16.9 Å². The molecule has 0 amide bonds. The van der Waals surface area contributed by atoms with Crippen molar-refractivity contribution in [1.29, 1.82) is 0 Å². The van der Waals surface area contributed by atoms with Crippen LogP contribution in [0.4, 0.5) is 0 Å². The van der Waals surface area contributed by atoms with Crippen LogP contribution < -0.4 is 5.73 Å². The van der Waals surface area contributed by atoms with Gasteiger partial charge in [0, 0.05) is 16.7 Å². The zero-order chi connectivity index (χ0) is 12.1. The van der Waals surface area contributed by atoms with Crippen molar-refractivity contribution in [3.63, 3.8) is 0 Å². The zero-order valence-electron chi connectivity index (χ0n) is 9.24. The monoisotopic (exact) mass is 243 g/mol.